The maximum atomic E-state index is 4.14. The van der Waals surface area contributed by atoms with Gasteiger partial charge in [-0.2, -0.15) is 0 Å². The van der Waals surface area contributed by atoms with Crippen molar-refractivity contribution in [3.63, 3.8) is 0 Å². The average molecular weight is 140 g/mol. The molecule has 9 heavy (non-hydrogen) atoms. The van der Waals surface area contributed by atoms with Gasteiger partial charge in [-0.3, -0.25) is 0 Å². The van der Waals surface area contributed by atoms with E-state index in [-0.39, 0.29) is 0 Å². The monoisotopic (exact) mass is 140 g/mol. The van der Waals surface area contributed by atoms with E-state index >= 15 is 0 Å². The van der Waals surface area contributed by atoms with E-state index in [2.05, 4.69) is 26.1 Å². The first-order valence-corrected chi connectivity index (χ1v) is 3.48. The zero-order valence-electron chi connectivity index (χ0n) is 5.33. The zero-order chi connectivity index (χ0) is 6.69. The van der Waals surface area contributed by atoms with Gasteiger partial charge in [0.15, 0.2) is 0 Å². The summed E-state index contributed by atoms with van der Waals surface area (Å²) < 4.78 is 0. The van der Waals surface area contributed by atoms with Crippen molar-refractivity contribution >= 4 is 14.8 Å². The average Bonchev–Trinajstić information content (AvgIpc) is 1.88. The molecule has 1 rings (SSSR count). The Balaban J connectivity index is 2.94. The predicted molar refractivity (Wildman–Crippen MR) is 40.8 cm³/mol. The van der Waals surface area contributed by atoms with E-state index in [4.69, 9.17) is 0 Å². The molecule has 0 amide bonds. The summed E-state index contributed by atoms with van der Waals surface area (Å²) in [6.07, 6.45) is 2.75. The van der Waals surface area contributed by atoms with Crippen LogP contribution in [0.4, 0.5) is 0 Å². The predicted octanol–water partition coefficient (Wildman–Crippen LogP) is 0.539. The molecule has 0 saturated heterocycles. The highest BCUT2D eigenvalue weighted by molar-refractivity contribution is 7.26. The Bertz CT molecular complexity index is 200. The van der Waals surface area contributed by atoms with Crippen molar-refractivity contribution in [2.45, 2.75) is 13.3 Å². The summed E-state index contributed by atoms with van der Waals surface area (Å²) in [5.41, 5.74) is 1.87. The summed E-state index contributed by atoms with van der Waals surface area (Å²) in [5, 5.41) is 0. The molecule has 0 radical (unpaired) electrons. The third-order valence-corrected chi connectivity index (χ3v) is 1.37. The molecule has 0 saturated carbocycles. The lowest BCUT2D eigenvalue weighted by molar-refractivity contribution is 1.03. The Labute approximate surface area is 56.9 Å². The van der Waals surface area contributed by atoms with Crippen molar-refractivity contribution < 1.29 is 0 Å². The zero-order valence-corrected chi connectivity index (χ0v) is 6.49. The molecule has 1 unspecified atom stereocenters. The Morgan fingerprint density at radius 3 is 2.89 bits per heavy atom. The van der Waals surface area contributed by atoms with E-state index in [0.29, 0.717) is 0 Å². The summed E-state index contributed by atoms with van der Waals surface area (Å²) in [5.74, 6) is 0. The molecule has 0 N–H and O–H groups in total. The third kappa shape index (κ3) is 1.72. The van der Waals surface area contributed by atoms with Crippen LogP contribution in [0.3, 0.4) is 0 Å². The van der Waals surface area contributed by atoms with Gasteiger partial charge >= 0.3 is 0 Å². The van der Waals surface area contributed by atoms with Crippen LogP contribution in [0.1, 0.15) is 12.6 Å². The van der Waals surface area contributed by atoms with Crippen LogP contribution in [0.15, 0.2) is 12.3 Å². The van der Waals surface area contributed by atoms with Crippen LogP contribution >= 0.6 is 9.24 Å². The minimum absolute atomic E-state index is 0.773. The summed E-state index contributed by atoms with van der Waals surface area (Å²) in [6.45, 7) is 2.08. The second kappa shape index (κ2) is 2.88. The quantitative estimate of drug-likeness (QED) is 0.532. The van der Waals surface area contributed by atoms with Crippen molar-refractivity contribution in [2.24, 2.45) is 0 Å². The number of aryl methyl sites for hydroxylation is 1. The molecule has 1 aromatic heterocycles. The molecule has 0 spiro atoms. The van der Waals surface area contributed by atoms with Crippen LogP contribution in [0, 0.1) is 0 Å². The van der Waals surface area contributed by atoms with Gasteiger partial charge in [0.05, 0.1) is 0 Å². The molecular formula is C6H9N2P. The fourth-order valence-corrected chi connectivity index (χ4v) is 0.862. The molecule has 3 heteroatoms. The van der Waals surface area contributed by atoms with Crippen LogP contribution in [0.2, 0.25) is 0 Å². The SMILES string of the molecule is CCc1ccnc(P)n1. The fourth-order valence-electron chi connectivity index (χ4n) is 0.610. The van der Waals surface area contributed by atoms with E-state index in [0.717, 1.165) is 17.7 Å². The van der Waals surface area contributed by atoms with E-state index in [1.165, 1.54) is 0 Å². The standard InChI is InChI=1S/C6H9N2P/c1-2-5-3-4-7-6(9)8-5/h3-4H,2,9H2,1H3. The number of rotatable bonds is 1. The van der Waals surface area contributed by atoms with Gasteiger partial charge < -0.3 is 0 Å². The molecular weight excluding hydrogens is 131 g/mol. The molecule has 0 aromatic carbocycles. The fraction of sp³-hybridized carbons (Fsp3) is 0.333. The second-order valence-electron chi connectivity index (χ2n) is 1.76. The Morgan fingerprint density at radius 1 is 1.67 bits per heavy atom. The van der Waals surface area contributed by atoms with Crippen LogP contribution in [0.25, 0.3) is 0 Å². The van der Waals surface area contributed by atoms with Crippen LogP contribution in [-0.4, -0.2) is 9.97 Å². The Hall–Kier alpha value is -0.490. The molecule has 0 aliphatic carbocycles. The van der Waals surface area contributed by atoms with E-state index < -0.39 is 0 Å². The van der Waals surface area contributed by atoms with Crippen LogP contribution in [0.5, 0.6) is 0 Å². The van der Waals surface area contributed by atoms with Crippen molar-refractivity contribution in [1.82, 2.24) is 9.97 Å². The Morgan fingerprint density at radius 2 is 2.44 bits per heavy atom. The van der Waals surface area contributed by atoms with Crippen molar-refractivity contribution in [2.75, 3.05) is 0 Å². The molecule has 0 aliphatic rings. The number of hydrogen-bond donors (Lipinski definition) is 0. The number of nitrogens with zero attached hydrogens (tertiary/aromatic N) is 2. The number of hydrogen-bond acceptors (Lipinski definition) is 2. The summed E-state index contributed by atoms with van der Waals surface area (Å²) in [6, 6.07) is 1.92. The topological polar surface area (TPSA) is 25.8 Å². The van der Waals surface area contributed by atoms with Crippen molar-refractivity contribution in [1.29, 1.82) is 0 Å². The molecule has 0 aliphatic heterocycles. The van der Waals surface area contributed by atoms with Crippen molar-refractivity contribution in [3.05, 3.63) is 18.0 Å². The summed E-state index contributed by atoms with van der Waals surface area (Å²) in [4.78, 5) is 8.08. The van der Waals surface area contributed by atoms with E-state index in [1.807, 2.05) is 6.07 Å². The Kier molecular flexibility index (Phi) is 2.12. The molecule has 0 bridgehead atoms. The molecule has 2 nitrogen and oxygen atoms in total. The normalized spacial score (nSPS) is 9.56. The molecule has 0 fully saturated rings. The lowest BCUT2D eigenvalue weighted by Gasteiger charge is -1.93. The maximum Gasteiger partial charge on any atom is 0.144 e. The highest BCUT2D eigenvalue weighted by Gasteiger charge is 1.88. The van der Waals surface area contributed by atoms with Crippen LogP contribution in [-0.2, 0) is 6.42 Å². The van der Waals surface area contributed by atoms with E-state index in [9.17, 15) is 0 Å². The van der Waals surface area contributed by atoms with Gasteiger partial charge in [0.1, 0.15) is 5.57 Å². The smallest absolute Gasteiger partial charge is 0.144 e. The van der Waals surface area contributed by atoms with Crippen molar-refractivity contribution in [3.8, 4) is 0 Å². The lowest BCUT2D eigenvalue weighted by atomic mass is 10.3. The van der Waals surface area contributed by atoms with Gasteiger partial charge in [0, 0.05) is 11.9 Å². The summed E-state index contributed by atoms with van der Waals surface area (Å²) >= 11 is 0. The first-order valence-electron chi connectivity index (χ1n) is 2.90. The minimum Gasteiger partial charge on any atom is -0.238 e. The van der Waals surface area contributed by atoms with Gasteiger partial charge in [0.2, 0.25) is 0 Å². The highest BCUT2D eigenvalue weighted by Crippen LogP contribution is 1.90. The largest absolute Gasteiger partial charge is 0.238 e. The van der Waals surface area contributed by atoms with Gasteiger partial charge in [-0.15, -0.1) is 0 Å². The molecule has 48 valence electrons. The first kappa shape index (κ1) is 6.63. The van der Waals surface area contributed by atoms with Gasteiger partial charge in [0.25, 0.3) is 0 Å². The van der Waals surface area contributed by atoms with E-state index in [1.54, 1.807) is 6.20 Å². The highest BCUT2D eigenvalue weighted by atomic mass is 31.0. The minimum atomic E-state index is 0.773. The molecule has 1 atom stereocenters. The third-order valence-electron chi connectivity index (χ3n) is 1.09. The lowest BCUT2D eigenvalue weighted by Crippen LogP contribution is -2.04. The molecule has 1 aromatic rings. The van der Waals surface area contributed by atoms with Gasteiger partial charge in [-0.05, 0) is 12.5 Å². The first-order chi connectivity index (χ1) is 4.33. The number of aromatic nitrogens is 2. The molecule has 1 heterocycles. The second-order valence-corrected chi connectivity index (χ2v) is 2.28. The maximum absolute atomic E-state index is 4.14. The van der Waals surface area contributed by atoms with Crippen LogP contribution < -0.4 is 5.57 Å². The van der Waals surface area contributed by atoms with Gasteiger partial charge in [-0.1, -0.05) is 16.2 Å². The summed E-state index contributed by atoms with van der Waals surface area (Å²) in [7, 11) is 2.47. The van der Waals surface area contributed by atoms with Gasteiger partial charge in [-0.25, -0.2) is 9.97 Å².